The molecule has 5 atom stereocenters. The lowest BCUT2D eigenvalue weighted by Gasteiger charge is -2.37. The molecule has 0 spiro atoms. The average Bonchev–Trinajstić information content (AvgIpc) is 3.37. The Hall–Kier alpha value is -2.42. The number of hydrogen-bond acceptors (Lipinski definition) is 7. The molecule has 11 heteroatoms. The molecule has 0 radical (unpaired) electrons. The lowest BCUT2D eigenvalue weighted by Crippen LogP contribution is -2.52. The van der Waals surface area contributed by atoms with Crippen LogP contribution in [-0.4, -0.2) is 78.8 Å². The monoisotopic (exact) mass is 493 g/mol. The summed E-state index contributed by atoms with van der Waals surface area (Å²) in [7, 11) is 1.67. The summed E-state index contributed by atoms with van der Waals surface area (Å²) in [6, 6.07) is 1.34. The predicted molar refractivity (Wildman–Crippen MR) is 118 cm³/mol. The van der Waals surface area contributed by atoms with Gasteiger partial charge in [0.15, 0.2) is 6.19 Å². The van der Waals surface area contributed by atoms with Gasteiger partial charge in [-0.05, 0) is 36.8 Å². The lowest BCUT2D eigenvalue weighted by molar-refractivity contribution is -0.143. The van der Waals surface area contributed by atoms with Crippen molar-refractivity contribution in [1.29, 1.82) is 5.26 Å². The molecule has 4 heterocycles. The highest BCUT2D eigenvalue weighted by molar-refractivity contribution is 5.84. The van der Waals surface area contributed by atoms with Gasteiger partial charge in [-0.1, -0.05) is 0 Å². The number of nitriles is 1. The molecule has 1 saturated carbocycles. The molecule has 2 saturated heterocycles. The van der Waals surface area contributed by atoms with Crippen LogP contribution in [0.25, 0.3) is 0 Å². The molecular formula is C24H30F3N5O3. The Morgan fingerprint density at radius 2 is 2.26 bits per heavy atom. The zero-order valence-electron chi connectivity index (χ0n) is 19.7. The van der Waals surface area contributed by atoms with Gasteiger partial charge in [0.2, 0.25) is 5.91 Å². The molecule has 1 N–H and O–H groups in total. The van der Waals surface area contributed by atoms with Crippen LogP contribution in [0.15, 0.2) is 12.3 Å². The molecule has 1 aromatic rings. The molecule has 1 amide bonds. The third-order valence-electron chi connectivity index (χ3n) is 8.15. The maximum Gasteiger partial charge on any atom is 0.417 e. The van der Waals surface area contributed by atoms with Gasteiger partial charge in [-0.25, -0.2) is 0 Å². The Bertz CT molecular complexity index is 1020. The highest BCUT2D eigenvalue weighted by Gasteiger charge is 2.59. The molecule has 8 nitrogen and oxygen atoms in total. The quantitative estimate of drug-likeness (QED) is 0.641. The molecule has 5 unspecified atom stereocenters. The van der Waals surface area contributed by atoms with Gasteiger partial charge in [-0.15, -0.1) is 0 Å². The van der Waals surface area contributed by atoms with Crippen molar-refractivity contribution in [2.24, 2.45) is 11.3 Å². The Morgan fingerprint density at radius 1 is 1.43 bits per heavy atom. The molecule has 1 aliphatic carbocycles. The number of aromatic nitrogens is 1. The van der Waals surface area contributed by atoms with Crippen LogP contribution in [0.5, 0.6) is 0 Å². The molecule has 3 fully saturated rings. The first-order valence-electron chi connectivity index (χ1n) is 12.1. The van der Waals surface area contributed by atoms with Gasteiger partial charge in [-0.2, -0.15) is 18.4 Å². The number of halogens is 3. The van der Waals surface area contributed by atoms with Crippen LogP contribution in [0.2, 0.25) is 0 Å². The van der Waals surface area contributed by atoms with E-state index in [0.29, 0.717) is 56.9 Å². The van der Waals surface area contributed by atoms with Gasteiger partial charge in [0, 0.05) is 70.3 Å². The van der Waals surface area contributed by atoms with E-state index < -0.39 is 17.2 Å². The summed E-state index contributed by atoms with van der Waals surface area (Å²) in [5.41, 5.74) is -0.474. The number of hydrogen-bond donors (Lipinski definition) is 1. The van der Waals surface area contributed by atoms with Gasteiger partial charge in [0.1, 0.15) is 0 Å². The number of amides is 1. The van der Waals surface area contributed by atoms with Crippen molar-refractivity contribution in [2.75, 3.05) is 40.0 Å². The van der Waals surface area contributed by atoms with E-state index in [0.717, 1.165) is 25.1 Å². The van der Waals surface area contributed by atoms with E-state index in [4.69, 9.17) is 9.47 Å². The van der Waals surface area contributed by atoms with Crippen molar-refractivity contribution in [2.45, 2.75) is 56.6 Å². The summed E-state index contributed by atoms with van der Waals surface area (Å²) in [6.45, 7) is 2.56. The molecule has 3 aliphatic heterocycles. The number of nitrogens with zero attached hydrogens (tertiary/aromatic N) is 4. The van der Waals surface area contributed by atoms with Gasteiger partial charge in [0.05, 0.1) is 23.7 Å². The van der Waals surface area contributed by atoms with Crippen molar-refractivity contribution < 1.29 is 27.4 Å². The van der Waals surface area contributed by atoms with Crippen LogP contribution in [-0.2, 0) is 33.4 Å². The minimum Gasteiger partial charge on any atom is -0.379 e. The summed E-state index contributed by atoms with van der Waals surface area (Å²) in [4.78, 5) is 21.3. The zero-order valence-corrected chi connectivity index (χ0v) is 19.7. The van der Waals surface area contributed by atoms with Gasteiger partial charge >= 0.3 is 6.18 Å². The third kappa shape index (κ3) is 4.47. The number of alkyl halides is 3. The summed E-state index contributed by atoms with van der Waals surface area (Å²) >= 11 is 0. The van der Waals surface area contributed by atoms with E-state index >= 15 is 0 Å². The maximum absolute atomic E-state index is 14.0. The van der Waals surface area contributed by atoms with Gasteiger partial charge in [0.25, 0.3) is 0 Å². The summed E-state index contributed by atoms with van der Waals surface area (Å²) in [5, 5.41) is 13.2. The van der Waals surface area contributed by atoms with Gasteiger partial charge in [-0.3, -0.25) is 9.78 Å². The molecule has 190 valence electrons. The highest BCUT2D eigenvalue weighted by atomic mass is 19.4. The lowest BCUT2D eigenvalue weighted by atomic mass is 9.78. The largest absolute Gasteiger partial charge is 0.417 e. The Morgan fingerprint density at radius 3 is 3.00 bits per heavy atom. The van der Waals surface area contributed by atoms with Crippen molar-refractivity contribution in [3.63, 3.8) is 0 Å². The molecule has 5 rings (SSSR count). The number of nitrogens with one attached hydrogen (secondary N) is 1. The predicted octanol–water partition coefficient (Wildman–Crippen LogP) is 1.94. The fraction of sp³-hybridized carbons (Fsp3) is 0.708. The number of rotatable bonds is 4. The standard InChI is InChI=1S/C24H30F3N5O3/c1-34-21-12-35-5-3-20(21)30-18-7-17-11-31(14-28)13-23(17,8-18)22(33)32-4-2-19-15(10-32)6-16(9-29-19)24(25,26)27/h6,9,17-18,20-21,30H,2-5,7-8,10-13H2,1H3. The molecule has 35 heavy (non-hydrogen) atoms. The number of ether oxygens (including phenoxy) is 2. The average molecular weight is 494 g/mol. The van der Waals surface area contributed by atoms with Crippen molar-refractivity contribution >= 4 is 5.91 Å². The first-order valence-corrected chi connectivity index (χ1v) is 12.1. The zero-order chi connectivity index (χ0) is 24.8. The number of fused-ring (bicyclic) bond motifs is 2. The van der Waals surface area contributed by atoms with Crippen LogP contribution >= 0.6 is 0 Å². The molecule has 1 aromatic heterocycles. The topological polar surface area (TPSA) is 90.7 Å². The molecule has 0 bridgehead atoms. The Balaban J connectivity index is 1.35. The first kappa shape index (κ1) is 24.3. The number of carbonyl (C=O) groups excluding carboxylic acids is 1. The fourth-order valence-electron chi connectivity index (χ4n) is 6.41. The number of likely N-dealkylation sites (tertiary alicyclic amines) is 1. The second kappa shape index (κ2) is 9.22. The minimum absolute atomic E-state index is 0.00835. The highest BCUT2D eigenvalue weighted by Crippen LogP contribution is 2.50. The van der Waals surface area contributed by atoms with Gasteiger partial charge < -0.3 is 24.6 Å². The van der Waals surface area contributed by atoms with E-state index in [9.17, 15) is 23.2 Å². The van der Waals surface area contributed by atoms with Crippen LogP contribution in [0.3, 0.4) is 0 Å². The van der Waals surface area contributed by atoms with E-state index in [1.54, 1.807) is 16.9 Å². The van der Waals surface area contributed by atoms with Crippen LogP contribution in [0, 0.1) is 22.8 Å². The SMILES string of the molecule is COC1COCCC1NC1CC2CN(C#N)CC2(C(=O)N2CCc3ncc(C(F)(F)F)cc3C2)C1. The molecule has 4 aliphatic rings. The van der Waals surface area contributed by atoms with Crippen molar-refractivity contribution in [1.82, 2.24) is 20.1 Å². The summed E-state index contributed by atoms with van der Waals surface area (Å²) in [5.74, 6) is -0.0584. The van der Waals surface area contributed by atoms with Crippen LogP contribution in [0.4, 0.5) is 13.2 Å². The fourth-order valence-corrected chi connectivity index (χ4v) is 6.41. The second-order valence-corrected chi connectivity index (χ2v) is 10.2. The number of methoxy groups -OCH3 is 1. The van der Waals surface area contributed by atoms with Crippen molar-refractivity contribution in [3.05, 3.63) is 29.1 Å². The Labute approximate surface area is 202 Å². The second-order valence-electron chi connectivity index (χ2n) is 10.2. The number of pyridine rings is 1. The van der Waals surface area contributed by atoms with Crippen LogP contribution < -0.4 is 5.32 Å². The first-order chi connectivity index (χ1) is 16.7. The summed E-state index contributed by atoms with van der Waals surface area (Å²) < 4.78 is 50.8. The summed E-state index contributed by atoms with van der Waals surface area (Å²) in [6.07, 6.45) is 1.12. The van der Waals surface area contributed by atoms with Crippen LogP contribution in [0.1, 0.15) is 36.1 Å². The Kier molecular flexibility index (Phi) is 6.40. The molecular weight excluding hydrogens is 463 g/mol. The van der Waals surface area contributed by atoms with E-state index in [2.05, 4.69) is 16.5 Å². The third-order valence-corrected chi connectivity index (χ3v) is 8.15. The van der Waals surface area contributed by atoms with E-state index in [-0.39, 0.29) is 36.6 Å². The normalized spacial score (nSPS) is 32.8. The maximum atomic E-state index is 14.0. The molecule has 0 aromatic carbocycles. The van der Waals surface area contributed by atoms with E-state index in [1.165, 1.54) is 0 Å². The minimum atomic E-state index is -4.48. The van der Waals surface area contributed by atoms with Crippen molar-refractivity contribution in [3.8, 4) is 6.19 Å². The number of carbonyl (C=O) groups is 1. The van der Waals surface area contributed by atoms with E-state index in [1.807, 2.05) is 0 Å². The smallest absolute Gasteiger partial charge is 0.379 e.